The van der Waals surface area contributed by atoms with E-state index in [1.165, 1.54) is 11.1 Å². The van der Waals surface area contributed by atoms with E-state index >= 15 is 0 Å². The number of thiophene rings is 1. The van der Waals surface area contributed by atoms with Crippen LogP contribution >= 0.6 is 22.9 Å². The first kappa shape index (κ1) is 16.4. The van der Waals surface area contributed by atoms with Crippen LogP contribution in [0.4, 0.5) is 0 Å². The first-order valence-corrected chi connectivity index (χ1v) is 9.46. The molecule has 7 heteroatoms. The largest absolute Gasteiger partial charge is 0.244 e. The topological polar surface area (TPSA) is 59.1 Å². The molecule has 0 aliphatic heterocycles. The van der Waals surface area contributed by atoms with Crippen LogP contribution < -0.4 is 4.72 Å². The Labute approximate surface area is 134 Å². The van der Waals surface area contributed by atoms with Crippen molar-refractivity contribution in [2.24, 2.45) is 5.92 Å². The Hall–Kier alpha value is -0.950. The molecule has 0 fully saturated rings. The van der Waals surface area contributed by atoms with Crippen LogP contribution in [0, 0.1) is 5.92 Å². The van der Waals surface area contributed by atoms with Crippen molar-refractivity contribution in [3.8, 4) is 0 Å². The Morgan fingerprint density at radius 2 is 2.19 bits per heavy atom. The summed E-state index contributed by atoms with van der Waals surface area (Å²) < 4.78 is 26.7. The van der Waals surface area contributed by atoms with E-state index in [0.717, 1.165) is 6.42 Å². The number of nitrogens with one attached hydrogen (secondary N) is 1. The van der Waals surface area contributed by atoms with Gasteiger partial charge in [-0.05, 0) is 35.4 Å². The Morgan fingerprint density at radius 3 is 2.81 bits per heavy atom. The van der Waals surface area contributed by atoms with Crippen LogP contribution in [0.3, 0.4) is 0 Å². The van der Waals surface area contributed by atoms with E-state index in [-0.39, 0.29) is 11.7 Å². The minimum absolute atomic E-state index is 0.0805. The van der Waals surface area contributed by atoms with Gasteiger partial charge in [-0.2, -0.15) is 0 Å². The first-order chi connectivity index (χ1) is 9.94. The van der Waals surface area contributed by atoms with E-state index in [2.05, 4.69) is 15.8 Å². The van der Waals surface area contributed by atoms with Crippen LogP contribution in [0.1, 0.15) is 17.4 Å². The second-order valence-electron chi connectivity index (χ2n) is 4.99. The van der Waals surface area contributed by atoms with Crippen LogP contribution in [0.25, 0.3) is 0 Å². The lowest BCUT2D eigenvalue weighted by Crippen LogP contribution is -2.30. The van der Waals surface area contributed by atoms with Gasteiger partial charge in [0.1, 0.15) is 5.15 Å². The van der Waals surface area contributed by atoms with Crippen LogP contribution in [0.2, 0.25) is 5.15 Å². The summed E-state index contributed by atoms with van der Waals surface area (Å²) in [5.74, 6) is 0.171. The Morgan fingerprint density at radius 1 is 1.38 bits per heavy atom. The molecule has 2 aromatic rings. The van der Waals surface area contributed by atoms with E-state index in [4.69, 9.17) is 11.6 Å². The molecular formula is C14H17ClN2O2S2. The summed E-state index contributed by atoms with van der Waals surface area (Å²) in [5.41, 5.74) is 0.623. The molecule has 0 saturated heterocycles. The smallest absolute Gasteiger partial charge is 0.215 e. The van der Waals surface area contributed by atoms with Crippen LogP contribution in [0.5, 0.6) is 0 Å². The molecule has 21 heavy (non-hydrogen) atoms. The molecule has 2 aromatic heterocycles. The van der Waals surface area contributed by atoms with Crippen molar-refractivity contribution in [3.63, 3.8) is 0 Å². The van der Waals surface area contributed by atoms with Gasteiger partial charge in [-0.15, -0.1) is 11.3 Å². The van der Waals surface area contributed by atoms with Gasteiger partial charge < -0.3 is 0 Å². The lowest BCUT2D eigenvalue weighted by molar-refractivity contribution is 0.539. The standard InChI is InChI=1S/C14H17ClN2O2S2/c1-11(7-13-3-2-6-20-13)8-17-21(18,19)10-12-4-5-14(15)16-9-12/h2-6,9,11,17H,7-8,10H2,1H3/t11-/m0/s1. The molecule has 114 valence electrons. The average molecular weight is 345 g/mol. The fourth-order valence-corrected chi connectivity index (χ4v) is 4.11. The van der Waals surface area contributed by atoms with Crippen molar-refractivity contribution in [3.05, 3.63) is 51.4 Å². The minimum atomic E-state index is -3.35. The molecule has 0 radical (unpaired) electrons. The predicted molar refractivity (Wildman–Crippen MR) is 87.1 cm³/mol. The highest BCUT2D eigenvalue weighted by molar-refractivity contribution is 7.88. The molecule has 0 amide bonds. The van der Waals surface area contributed by atoms with Crippen molar-refractivity contribution < 1.29 is 8.42 Å². The molecule has 0 aliphatic carbocycles. The zero-order valence-corrected chi connectivity index (χ0v) is 14.0. The van der Waals surface area contributed by atoms with Crippen molar-refractivity contribution in [1.29, 1.82) is 0 Å². The maximum Gasteiger partial charge on any atom is 0.215 e. The fraction of sp³-hybridized carbons (Fsp3) is 0.357. The molecule has 0 unspecified atom stereocenters. The van der Waals surface area contributed by atoms with Crippen LogP contribution in [-0.4, -0.2) is 19.9 Å². The first-order valence-electron chi connectivity index (χ1n) is 6.55. The molecule has 1 N–H and O–H groups in total. The number of pyridine rings is 1. The third-order valence-electron chi connectivity index (χ3n) is 2.93. The number of hydrogen-bond donors (Lipinski definition) is 1. The summed E-state index contributed by atoms with van der Waals surface area (Å²) in [6.07, 6.45) is 2.36. The Bertz CT molecular complexity index is 655. The molecule has 0 bridgehead atoms. The number of hydrogen-bond acceptors (Lipinski definition) is 4. The lowest BCUT2D eigenvalue weighted by atomic mass is 10.1. The van der Waals surface area contributed by atoms with Gasteiger partial charge in [0.15, 0.2) is 0 Å². The molecule has 2 rings (SSSR count). The van der Waals surface area contributed by atoms with Gasteiger partial charge in [-0.1, -0.05) is 30.7 Å². The summed E-state index contributed by atoms with van der Waals surface area (Å²) >= 11 is 7.37. The van der Waals surface area contributed by atoms with Gasteiger partial charge in [0.25, 0.3) is 0 Å². The van der Waals surface area contributed by atoms with E-state index in [1.54, 1.807) is 23.5 Å². The van der Waals surface area contributed by atoms with Gasteiger partial charge >= 0.3 is 0 Å². The van der Waals surface area contributed by atoms with Gasteiger partial charge in [0.05, 0.1) is 5.75 Å². The maximum atomic E-state index is 12.0. The SMILES string of the molecule is C[C@H](CNS(=O)(=O)Cc1ccc(Cl)nc1)Cc1cccs1. The van der Waals surface area contributed by atoms with E-state index in [0.29, 0.717) is 17.3 Å². The molecule has 4 nitrogen and oxygen atoms in total. The molecule has 2 heterocycles. The summed E-state index contributed by atoms with van der Waals surface area (Å²) in [6, 6.07) is 7.33. The number of nitrogens with zero attached hydrogens (tertiary/aromatic N) is 1. The zero-order chi connectivity index (χ0) is 15.3. The number of halogens is 1. The quantitative estimate of drug-likeness (QED) is 0.785. The van der Waals surface area contributed by atoms with Gasteiger partial charge in [-0.3, -0.25) is 0 Å². The lowest BCUT2D eigenvalue weighted by Gasteiger charge is -2.12. The minimum Gasteiger partial charge on any atom is -0.244 e. The number of sulfonamides is 1. The molecule has 0 spiro atoms. The zero-order valence-electron chi connectivity index (χ0n) is 11.6. The molecule has 0 saturated carbocycles. The van der Waals surface area contributed by atoms with Crippen molar-refractivity contribution in [2.45, 2.75) is 19.1 Å². The van der Waals surface area contributed by atoms with Gasteiger partial charge in [0, 0.05) is 17.6 Å². The summed E-state index contributed by atoms with van der Waals surface area (Å²) in [6.45, 7) is 2.47. The average Bonchev–Trinajstić information content (AvgIpc) is 2.92. The molecule has 0 aromatic carbocycles. The summed E-state index contributed by atoms with van der Waals surface area (Å²) in [5, 5.41) is 2.38. The van der Waals surface area contributed by atoms with Crippen molar-refractivity contribution >= 4 is 33.0 Å². The predicted octanol–water partition coefficient (Wildman–Crippen LogP) is 3.09. The number of rotatable bonds is 7. The highest BCUT2D eigenvalue weighted by Crippen LogP contribution is 2.14. The molecule has 1 atom stereocenters. The van der Waals surface area contributed by atoms with Crippen LogP contribution in [-0.2, 0) is 22.2 Å². The summed E-state index contributed by atoms with van der Waals surface area (Å²) in [7, 11) is -3.35. The molecular weight excluding hydrogens is 328 g/mol. The van der Waals surface area contributed by atoms with E-state index < -0.39 is 10.0 Å². The Kier molecular flexibility index (Phi) is 5.75. The van der Waals surface area contributed by atoms with Crippen LogP contribution in [0.15, 0.2) is 35.8 Å². The second kappa shape index (κ2) is 7.35. The third kappa shape index (κ3) is 5.74. The third-order valence-corrected chi connectivity index (χ3v) is 5.37. The van der Waals surface area contributed by atoms with Crippen molar-refractivity contribution in [1.82, 2.24) is 9.71 Å². The van der Waals surface area contributed by atoms with Gasteiger partial charge in [0.2, 0.25) is 10.0 Å². The van der Waals surface area contributed by atoms with Crippen molar-refractivity contribution in [2.75, 3.05) is 6.54 Å². The summed E-state index contributed by atoms with van der Waals surface area (Å²) in [4.78, 5) is 5.15. The monoisotopic (exact) mass is 344 g/mol. The maximum absolute atomic E-state index is 12.0. The highest BCUT2D eigenvalue weighted by Gasteiger charge is 2.14. The van der Waals surface area contributed by atoms with E-state index in [1.807, 2.05) is 18.4 Å². The number of aromatic nitrogens is 1. The Balaban J connectivity index is 1.84. The second-order valence-corrected chi connectivity index (χ2v) is 8.21. The van der Waals surface area contributed by atoms with Gasteiger partial charge in [-0.25, -0.2) is 18.1 Å². The normalized spacial score (nSPS) is 13.2. The highest BCUT2D eigenvalue weighted by atomic mass is 35.5. The fourth-order valence-electron chi connectivity index (χ4n) is 1.88. The molecule has 0 aliphatic rings. The van der Waals surface area contributed by atoms with E-state index in [9.17, 15) is 8.42 Å².